The third-order valence-electron chi connectivity index (χ3n) is 2.94. The Bertz CT molecular complexity index is 725. The second kappa shape index (κ2) is 8.73. The number of hydrogen-bond donors (Lipinski definition) is 1. The molecule has 0 aliphatic heterocycles. The average Bonchev–Trinajstić information content (AvgIpc) is 3.11. The van der Waals surface area contributed by atoms with Crippen LogP contribution < -0.4 is 14.8 Å². The summed E-state index contributed by atoms with van der Waals surface area (Å²) in [5, 5.41) is 4.52. The predicted molar refractivity (Wildman–Crippen MR) is 92.5 cm³/mol. The third-order valence-corrected chi connectivity index (χ3v) is 3.78. The highest BCUT2D eigenvalue weighted by Gasteiger charge is 2.09. The Kier molecular flexibility index (Phi) is 6.39. The minimum Gasteiger partial charge on any atom is -0.493 e. The molecule has 0 atom stereocenters. The second-order valence-corrected chi connectivity index (χ2v) is 5.55. The zero-order chi connectivity index (χ0) is 17.4. The number of thiophene rings is 1. The van der Waals surface area contributed by atoms with Gasteiger partial charge in [0, 0.05) is 22.7 Å². The van der Waals surface area contributed by atoms with Crippen LogP contribution in [0.5, 0.6) is 11.5 Å². The minimum absolute atomic E-state index is 0.373. The SMILES string of the molecule is COc1ccc(NC(=O)COC(=O)/C=C/c2cccs2)cc1OC. The van der Waals surface area contributed by atoms with E-state index in [9.17, 15) is 9.59 Å². The van der Waals surface area contributed by atoms with E-state index < -0.39 is 11.9 Å². The van der Waals surface area contributed by atoms with Gasteiger partial charge in [-0.25, -0.2) is 4.79 Å². The van der Waals surface area contributed by atoms with Crippen LogP contribution in [0.25, 0.3) is 6.08 Å². The molecule has 0 aliphatic carbocycles. The molecule has 0 unspecified atom stereocenters. The van der Waals surface area contributed by atoms with Gasteiger partial charge in [-0.3, -0.25) is 4.79 Å². The molecule has 1 aromatic heterocycles. The maximum atomic E-state index is 11.8. The van der Waals surface area contributed by atoms with Gasteiger partial charge in [0.25, 0.3) is 5.91 Å². The van der Waals surface area contributed by atoms with Crippen LogP contribution in [0, 0.1) is 0 Å². The van der Waals surface area contributed by atoms with Crippen LogP contribution in [-0.4, -0.2) is 32.7 Å². The van der Waals surface area contributed by atoms with Gasteiger partial charge in [-0.2, -0.15) is 0 Å². The monoisotopic (exact) mass is 347 g/mol. The van der Waals surface area contributed by atoms with Gasteiger partial charge in [-0.05, 0) is 29.7 Å². The average molecular weight is 347 g/mol. The summed E-state index contributed by atoms with van der Waals surface area (Å²) in [5.74, 6) is 0.0257. The number of amides is 1. The Morgan fingerprint density at radius 1 is 1.17 bits per heavy atom. The second-order valence-electron chi connectivity index (χ2n) is 4.57. The number of carbonyl (C=O) groups excluding carboxylic acids is 2. The van der Waals surface area contributed by atoms with E-state index in [0.29, 0.717) is 17.2 Å². The summed E-state index contributed by atoms with van der Waals surface area (Å²) in [6, 6.07) is 8.71. The third kappa shape index (κ3) is 5.13. The molecule has 0 fully saturated rings. The summed E-state index contributed by atoms with van der Waals surface area (Å²) < 4.78 is 15.2. The molecule has 0 radical (unpaired) electrons. The molecular weight excluding hydrogens is 330 g/mol. The van der Waals surface area contributed by atoms with Gasteiger partial charge in [-0.1, -0.05) is 6.07 Å². The molecule has 1 aromatic carbocycles. The first-order valence-electron chi connectivity index (χ1n) is 7.02. The molecule has 2 aromatic rings. The molecule has 0 saturated carbocycles. The lowest BCUT2D eigenvalue weighted by atomic mass is 10.2. The van der Waals surface area contributed by atoms with Crippen LogP contribution in [0.15, 0.2) is 41.8 Å². The maximum Gasteiger partial charge on any atom is 0.331 e. The maximum absolute atomic E-state index is 11.8. The quantitative estimate of drug-likeness (QED) is 0.616. The first-order chi connectivity index (χ1) is 11.6. The van der Waals surface area contributed by atoms with Crippen LogP contribution >= 0.6 is 11.3 Å². The van der Waals surface area contributed by atoms with Gasteiger partial charge in [0.1, 0.15) is 0 Å². The van der Waals surface area contributed by atoms with Crippen molar-refractivity contribution >= 4 is 35.0 Å². The molecule has 0 aliphatic rings. The summed E-state index contributed by atoms with van der Waals surface area (Å²) in [4.78, 5) is 24.3. The van der Waals surface area contributed by atoms with Crippen molar-refractivity contribution in [2.45, 2.75) is 0 Å². The lowest BCUT2D eigenvalue weighted by molar-refractivity contribution is -0.142. The van der Waals surface area contributed by atoms with E-state index in [1.807, 2.05) is 17.5 Å². The Labute approximate surface area is 143 Å². The van der Waals surface area contributed by atoms with E-state index in [1.54, 1.807) is 24.3 Å². The fourth-order valence-electron chi connectivity index (χ4n) is 1.83. The highest BCUT2D eigenvalue weighted by atomic mass is 32.1. The van der Waals surface area contributed by atoms with E-state index in [-0.39, 0.29) is 6.61 Å². The zero-order valence-electron chi connectivity index (χ0n) is 13.3. The van der Waals surface area contributed by atoms with Crippen molar-refractivity contribution in [1.29, 1.82) is 0 Å². The van der Waals surface area contributed by atoms with Crippen molar-refractivity contribution in [3.8, 4) is 11.5 Å². The minimum atomic E-state index is -0.578. The number of ether oxygens (including phenoxy) is 3. The van der Waals surface area contributed by atoms with Crippen molar-refractivity contribution in [3.05, 3.63) is 46.7 Å². The van der Waals surface area contributed by atoms with Crippen molar-refractivity contribution in [2.75, 3.05) is 26.1 Å². The topological polar surface area (TPSA) is 73.9 Å². The number of carbonyl (C=O) groups is 2. The van der Waals surface area contributed by atoms with Gasteiger partial charge in [0.2, 0.25) is 0 Å². The van der Waals surface area contributed by atoms with Crippen LogP contribution in [0.1, 0.15) is 4.88 Å². The fourth-order valence-corrected chi connectivity index (χ4v) is 2.45. The van der Waals surface area contributed by atoms with Crippen molar-refractivity contribution < 1.29 is 23.8 Å². The zero-order valence-corrected chi connectivity index (χ0v) is 14.1. The Morgan fingerprint density at radius 3 is 2.62 bits per heavy atom. The lowest BCUT2D eigenvalue weighted by Crippen LogP contribution is -2.20. The molecule has 7 heteroatoms. The number of rotatable bonds is 7. The van der Waals surface area contributed by atoms with Gasteiger partial charge in [-0.15, -0.1) is 11.3 Å². The summed E-state index contributed by atoms with van der Waals surface area (Å²) in [5.41, 5.74) is 0.517. The first-order valence-corrected chi connectivity index (χ1v) is 7.90. The summed E-state index contributed by atoms with van der Waals surface area (Å²) in [6.07, 6.45) is 2.93. The van der Waals surface area contributed by atoms with E-state index in [0.717, 1.165) is 4.88 Å². The molecule has 1 heterocycles. The van der Waals surface area contributed by atoms with Gasteiger partial charge in [0.15, 0.2) is 18.1 Å². The van der Waals surface area contributed by atoms with E-state index >= 15 is 0 Å². The number of hydrogen-bond acceptors (Lipinski definition) is 6. The van der Waals surface area contributed by atoms with Crippen molar-refractivity contribution in [1.82, 2.24) is 0 Å². The number of methoxy groups -OCH3 is 2. The molecule has 126 valence electrons. The number of anilines is 1. The molecule has 0 saturated heterocycles. The van der Waals surface area contributed by atoms with E-state index in [4.69, 9.17) is 14.2 Å². The highest BCUT2D eigenvalue weighted by Crippen LogP contribution is 2.29. The van der Waals surface area contributed by atoms with Gasteiger partial charge in [0.05, 0.1) is 14.2 Å². The Morgan fingerprint density at radius 2 is 1.96 bits per heavy atom. The van der Waals surface area contributed by atoms with Crippen molar-refractivity contribution in [3.63, 3.8) is 0 Å². The van der Waals surface area contributed by atoms with Crippen LogP contribution in [-0.2, 0) is 14.3 Å². The summed E-state index contributed by atoms with van der Waals surface area (Å²) in [6.45, 7) is -0.373. The Hall–Kier alpha value is -2.80. The molecule has 1 amide bonds. The Balaban J connectivity index is 1.83. The molecule has 2 rings (SSSR count). The van der Waals surface area contributed by atoms with Crippen LogP contribution in [0.2, 0.25) is 0 Å². The fraction of sp³-hybridized carbons (Fsp3) is 0.176. The molecule has 24 heavy (non-hydrogen) atoms. The molecule has 6 nitrogen and oxygen atoms in total. The van der Waals surface area contributed by atoms with Crippen molar-refractivity contribution in [2.24, 2.45) is 0 Å². The van der Waals surface area contributed by atoms with E-state index in [1.165, 1.54) is 31.6 Å². The number of esters is 1. The van der Waals surface area contributed by atoms with Gasteiger partial charge >= 0.3 is 5.97 Å². The van der Waals surface area contributed by atoms with Crippen LogP contribution in [0.4, 0.5) is 5.69 Å². The predicted octanol–water partition coefficient (Wildman–Crippen LogP) is 2.96. The smallest absolute Gasteiger partial charge is 0.331 e. The van der Waals surface area contributed by atoms with E-state index in [2.05, 4.69) is 5.32 Å². The molecule has 1 N–H and O–H groups in total. The molecule has 0 spiro atoms. The lowest BCUT2D eigenvalue weighted by Gasteiger charge is -2.10. The highest BCUT2D eigenvalue weighted by molar-refractivity contribution is 7.10. The summed E-state index contributed by atoms with van der Waals surface area (Å²) >= 11 is 1.50. The van der Waals surface area contributed by atoms with Crippen LogP contribution in [0.3, 0.4) is 0 Å². The normalized spacial score (nSPS) is 10.4. The first kappa shape index (κ1) is 17.6. The summed E-state index contributed by atoms with van der Waals surface area (Å²) in [7, 11) is 3.03. The number of nitrogens with one attached hydrogen (secondary N) is 1. The molecular formula is C17H17NO5S. The largest absolute Gasteiger partial charge is 0.493 e. The van der Waals surface area contributed by atoms with Gasteiger partial charge < -0.3 is 19.5 Å². The molecule has 0 bridgehead atoms. The number of benzene rings is 1. The standard InChI is InChI=1S/C17H17NO5S/c1-21-14-7-5-12(10-15(14)22-2)18-16(19)11-23-17(20)8-6-13-4-3-9-24-13/h3-10H,11H2,1-2H3,(H,18,19)/b8-6+.